The van der Waals surface area contributed by atoms with Crippen LogP contribution in [0.4, 0.5) is 0 Å². The van der Waals surface area contributed by atoms with Gasteiger partial charge in [-0.1, -0.05) is 48.4 Å². The summed E-state index contributed by atoms with van der Waals surface area (Å²) < 4.78 is 0. The van der Waals surface area contributed by atoms with Crippen molar-refractivity contribution in [2.75, 3.05) is 19.6 Å². The van der Waals surface area contributed by atoms with Gasteiger partial charge in [0, 0.05) is 52.8 Å². The van der Waals surface area contributed by atoms with Crippen LogP contribution in [0.3, 0.4) is 0 Å². The maximum Gasteiger partial charge on any atom is 0.253 e. The van der Waals surface area contributed by atoms with Gasteiger partial charge >= 0.3 is 0 Å². The topological polar surface area (TPSA) is 94.7 Å². The molecule has 1 aromatic heterocycles. The van der Waals surface area contributed by atoms with Crippen molar-refractivity contribution in [1.29, 1.82) is 0 Å². The van der Waals surface area contributed by atoms with E-state index in [1.54, 1.807) is 4.90 Å². The van der Waals surface area contributed by atoms with Crippen LogP contribution in [-0.4, -0.2) is 46.6 Å². The molecule has 3 aliphatic rings. The second-order valence-electron chi connectivity index (χ2n) is 10.4. The fraction of sp³-hybridized carbons (Fsp3) is 0.333. The third-order valence-electron chi connectivity index (χ3n) is 7.97. The predicted molar refractivity (Wildman–Crippen MR) is 147 cm³/mol. The largest absolute Gasteiger partial charge is 0.398 e. The van der Waals surface area contributed by atoms with Crippen LogP contribution in [0.5, 0.6) is 0 Å². The number of fused-ring (bicyclic) bond motifs is 1. The van der Waals surface area contributed by atoms with Gasteiger partial charge in [-0.25, -0.2) is 0 Å². The van der Waals surface area contributed by atoms with E-state index < -0.39 is 6.10 Å². The fourth-order valence-corrected chi connectivity index (χ4v) is 5.93. The molecule has 0 radical (unpaired) electrons. The number of likely N-dealkylation sites (tertiary alicyclic amines) is 1. The number of carbonyl (C=O) groups excluding carboxylic acids is 1. The van der Waals surface area contributed by atoms with Gasteiger partial charge in [0.15, 0.2) is 0 Å². The highest BCUT2D eigenvalue weighted by atomic mass is 35.5. The third-order valence-corrected chi connectivity index (χ3v) is 8.29. The zero-order valence-corrected chi connectivity index (χ0v) is 21.4. The van der Waals surface area contributed by atoms with E-state index in [0.29, 0.717) is 48.3 Å². The molecule has 2 atom stereocenters. The first-order valence-electron chi connectivity index (χ1n) is 13.0. The number of nitrogens with two attached hydrogens (primary N) is 1. The van der Waals surface area contributed by atoms with Crippen molar-refractivity contribution in [2.45, 2.75) is 43.6 Å². The number of hydrogen-bond donors (Lipinski definition) is 3. The molecule has 2 aromatic carbocycles. The zero-order valence-electron chi connectivity index (χ0n) is 20.7. The highest BCUT2D eigenvalue weighted by molar-refractivity contribution is 6.32. The van der Waals surface area contributed by atoms with E-state index in [2.05, 4.69) is 17.1 Å². The first-order valence-corrected chi connectivity index (χ1v) is 13.4. The number of H-pyrrole nitrogens is 1. The van der Waals surface area contributed by atoms with Gasteiger partial charge in [-0.05, 0) is 60.6 Å². The monoisotopic (exact) mass is 514 g/mol. The standard InChI is InChI=1S/C30H31ClN4O2/c31-26-6-2-5-24(19-3-1-4-19)28(26)27(32)14-22-16-34-29-25(22)13-21(15-33-29)18-7-9-20(10-8-18)30(37)35-12-11-23(36)17-35/h2,5-10,13-14,16,19,21,23,36H,1,3-4,11-12,15,17,32H2,(H,33,34)/b27-14-. The number of β-amino-alcohol motifs (C(OH)–C–C–N with tert-alkyl or cyclic N) is 1. The summed E-state index contributed by atoms with van der Waals surface area (Å²) in [4.78, 5) is 22.5. The summed E-state index contributed by atoms with van der Waals surface area (Å²) in [7, 11) is 0. The summed E-state index contributed by atoms with van der Waals surface area (Å²) in [5.41, 5.74) is 13.1. The molecule has 0 bridgehead atoms. The summed E-state index contributed by atoms with van der Waals surface area (Å²) in [5.74, 6) is 0.592. The molecule has 1 saturated carbocycles. The number of aliphatic hydroxyl groups excluding tert-OH is 1. The van der Waals surface area contributed by atoms with Gasteiger partial charge in [-0.15, -0.1) is 0 Å². The van der Waals surface area contributed by atoms with Crippen LogP contribution >= 0.6 is 11.6 Å². The van der Waals surface area contributed by atoms with E-state index in [4.69, 9.17) is 22.3 Å². The van der Waals surface area contributed by atoms with E-state index in [-0.39, 0.29) is 11.8 Å². The Labute approximate surface area is 221 Å². The van der Waals surface area contributed by atoms with Crippen LogP contribution in [-0.2, 0) is 0 Å². The Bertz CT molecular complexity index is 1490. The maximum absolute atomic E-state index is 12.7. The molecule has 37 heavy (non-hydrogen) atoms. The van der Waals surface area contributed by atoms with Crippen molar-refractivity contribution in [3.8, 4) is 0 Å². The predicted octanol–water partition coefficient (Wildman–Crippen LogP) is 3.80. The molecule has 2 fully saturated rings. The lowest BCUT2D eigenvalue weighted by Crippen LogP contribution is -2.31. The summed E-state index contributed by atoms with van der Waals surface area (Å²) in [6.07, 6.45) is 10.0. The normalized spacial score (nSPS) is 21.7. The van der Waals surface area contributed by atoms with Gasteiger partial charge in [-0.3, -0.25) is 9.79 Å². The molecule has 190 valence electrons. The van der Waals surface area contributed by atoms with Crippen molar-refractivity contribution in [1.82, 2.24) is 9.88 Å². The van der Waals surface area contributed by atoms with Crippen LogP contribution in [0, 0.1) is 0 Å². The summed E-state index contributed by atoms with van der Waals surface area (Å²) >= 11 is 6.63. The number of aromatic amines is 1. The number of rotatable bonds is 5. The first-order chi connectivity index (χ1) is 18.0. The average molecular weight is 515 g/mol. The lowest BCUT2D eigenvalue weighted by molar-refractivity contribution is 0.0765. The number of hydrogen-bond acceptors (Lipinski definition) is 4. The molecule has 3 aromatic rings. The average Bonchev–Trinajstić information content (AvgIpc) is 3.48. The van der Waals surface area contributed by atoms with E-state index in [0.717, 1.165) is 27.4 Å². The van der Waals surface area contributed by atoms with Gasteiger partial charge < -0.3 is 20.7 Å². The van der Waals surface area contributed by atoms with Crippen molar-refractivity contribution in [3.05, 3.63) is 92.2 Å². The Morgan fingerprint density at radius 1 is 1.16 bits per heavy atom. The fourth-order valence-electron chi connectivity index (χ4n) is 5.64. The van der Waals surface area contributed by atoms with Gasteiger partial charge in [-0.2, -0.15) is 0 Å². The number of benzene rings is 2. The SMILES string of the molecule is N/C(=C\c1c[nH]c2c1=CC(c1ccc(C(=O)N3CCC(O)C3)cc1)CN=2)c1c(Cl)cccc1C1CCC1. The summed E-state index contributed by atoms with van der Waals surface area (Å²) in [6.45, 7) is 1.64. The Morgan fingerprint density at radius 2 is 1.97 bits per heavy atom. The number of nitrogens with zero attached hydrogens (tertiary/aromatic N) is 2. The first kappa shape index (κ1) is 24.0. The molecular weight excluding hydrogens is 484 g/mol. The molecule has 3 heterocycles. The van der Waals surface area contributed by atoms with Gasteiger partial charge in [0.1, 0.15) is 5.49 Å². The highest BCUT2D eigenvalue weighted by Crippen LogP contribution is 2.41. The van der Waals surface area contributed by atoms with E-state index in [1.165, 1.54) is 24.8 Å². The zero-order chi connectivity index (χ0) is 25.5. The molecule has 1 saturated heterocycles. The molecule has 4 N–H and O–H groups in total. The quantitative estimate of drug-likeness (QED) is 0.483. The minimum Gasteiger partial charge on any atom is -0.398 e. The summed E-state index contributed by atoms with van der Waals surface area (Å²) in [5, 5.41) is 11.5. The molecular formula is C30H31ClN4O2. The number of nitrogens with one attached hydrogen (secondary N) is 1. The molecule has 2 unspecified atom stereocenters. The van der Waals surface area contributed by atoms with Crippen LogP contribution in [0.25, 0.3) is 17.8 Å². The maximum atomic E-state index is 12.7. The van der Waals surface area contributed by atoms with Crippen LogP contribution in [0.15, 0.2) is 53.7 Å². The Morgan fingerprint density at radius 3 is 2.68 bits per heavy atom. The van der Waals surface area contributed by atoms with Crippen LogP contribution in [0.1, 0.15) is 70.1 Å². The lowest BCUT2D eigenvalue weighted by Gasteiger charge is -2.28. The van der Waals surface area contributed by atoms with Crippen molar-refractivity contribution < 1.29 is 9.90 Å². The minimum absolute atomic E-state index is 0.0305. The molecule has 6 nitrogen and oxygen atoms in total. The Kier molecular flexibility index (Phi) is 6.39. The number of carbonyl (C=O) groups is 1. The number of halogens is 1. The summed E-state index contributed by atoms with van der Waals surface area (Å²) in [6, 6.07) is 13.8. The molecule has 2 aliphatic heterocycles. The van der Waals surface area contributed by atoms with Crippen molar-refractivity contribution in [3.63, 3.8) is 0 Å². The van der Waals surface area contributed by atoms with Gasteiger partial charge in [0.05, 0.1) is 17.7 Å². The number of aliphatic hydroxyl groups is 1. The van der Waals surface area contributed by atoms with E-state index in [1.807, 2.05) is 48.7 Å². The van der Waals surface area contributed by atoms with E-state index >= 15 is 0 Å². The number of amides is 1. The molecule has 1 amide bonds. The molecule has 0 spiro atoms. The van der Waals surface area contributed by atoms with Gasteiger partial charge in [0.2, 0.25) is 0 Å². The second-order valence-corrected chi connectivity index (χ2v) is 10.8. The molecule has 7 heteroatoms. The third kappa shape index (κ3) is 4.60. The highest BCUT2D eigenvalue weighted by Gasteiger charge is 2.26. The molecule has 1 aliphatic carbocycles. The lowest BCUT2D eigenvalue weighted by atomic mass is 9.77. The Balaban J connectivity index is 1.28. The number of aromatic nitrogens is 1. The minimum atomic E-state index is -0.419. The van der Waals surface area contributed by atoms with Crippen molar-refractivity contribution >= 4 is 35.4 Å². The smallest absolute Gasteiger partial charge is 0.253 e. The Hall–Kier alpha value is -3.35. The molecule has 6 rings (SSSR count). The van der Waals surface area contributed by atoms with Gasteiger partial charge in [0.25, 0.3) is 5.91 Å². The van der Waals surface area contributed by atoms with Crippen LogP contribution in [0.2, 0.25) is 5.02 Å². The van der Waals surface area contributed by atoms with E-state index in [9.17, 15) is 9.90 Å². The van der Waals surface area contributed by atoms with Crippen molar-refractivity contribution in [2.24, 2.45) is 10.7 Å². The second kappa shape index (κ2) is 9.84. The van der Waals surface area contributed by atoms with Crippen LogP contribution < -0.4 is 16.4 Å².